The van der Waals surface area contributed by atoms with Gasteiger partial charge in [0.25, 0.3) is 0 Å². The number of carbonyl (C=O) groups is 1. The summed E-state index contributed by atoms with van der Waals surface area (Å²) in [5.41, 5.74) is 0.276. The molecule has 1 heterocycles. The molecule has 1 aliphatic rings. The summed E-state index contributed by atoms with van der Waals surface area (Å²) in [6.07, 6.45) is -0.653. The summed E-state index contributed by atoms with van der Waals surface area (Å²) in [7, 11) is -3.64. The molecule has 0 saturated carbocycles. The zero-order valence-corrected chi connectivity index (χ0v) is 16.3. The van der Waals surface area contributed by atoms with Gasteiger partial charge in [0.15, 0.2) is 0 Å². The van der Waals surface area contributed by atoms with Gasteiger partial charge in [-0.3, -0.25) is 5.32 Å². The highest BCUT2D eigenvalue weighted by atomic mass is 32.2. The van der Waals surface area contributed by atoms with Crippen molar-refractivity contribution in [3.8, 4) is 5.75 Å². The Balaban J connectivity index is 2.26. The van der Waals surface area contributed by atoms with E-state index in [2.05, 4.69) is 17.1 Å². The van der Waals surface area contributed by atoms with E-state index in [1.54, 1.807) is 13.0 Å². The van der Waals surface area contributed by atoms with E-state index in [0.29, 0.717) is 38.5 Å². The number of ether oxygens (including phenoxy) is 2. The van der Waals surface area contributed by atoms with Crippen molar-refractivity contribution in [2.24, 2.45) is 0 Å². The van der Waals surface area contributed by atoms with Gasteiger partial charge < -0.3 is 14.4 Å². The third-order valence-electron chi connectivity index (χ3n) is 4.18. The number of nitrogens with zero attached hydrogens (tertiary/aromatic N) is 2. The van der Waals surface area contributed by atoms with Gasteiger partial charge in [0.05, 0.1) is 23.8 Å². The molecule has 2 rings (SSSR count). The third-order valence-corrected chi connectivity index (χ3v) is 6.07. The van der Waals surface area contributed by atoms with Gasteiger partial charge in [0.1, 0.15) is 5.75 Å². The Labute approximate surface area is 155 Å². The lowest BCUT2D eigenvalue weighted by atomic mass is 10.3. The SMILES string of the molecule is CCOC(=O)Nc1cc(S(=O)(=O)N2CCN(CC)CC2)ccc1OCC. The summed E-state index contributed by atoms with van der Waals surface area (Å²) in [4.78, 5) is 14.1. The maximum absolute atomic E-state index is 12.9. The molecule has 1 aromatic rings. The number of hydrogen-bond acceptors (Lipinski definition) is 6. The van der Waals surface area contributed by atoms with E-state index < -0.39 is 16.1 Å². The predicted molar refractivity (Wildman–Crippen MR) is 99.1 cm³/mol. The molecule has 146 valence electrons. The first-order valence-corrected chi connectivity index (χ1v) is 10.3. The molecule has 0 bridgehead atoms. The van der Waals surface area contributed by atoms with E-state index >= 15 is 0 Å². The van der Waals surface area contributed by atoms with Gasteiger partial charge in [0.2, 0.25) is 10.0 Å². The Morgan fingerprint density at radius 1 is 1.12 bits per heavy atom. The van der Waals surface area contributed by atoms with Crippen LogP contribution in [-0.2, 0) is 14.8 Å². The van der Waals surface area contributed by atoms with Crippen molar-refractivity contribution in [3.63, 3.8) is 0 Å². The van der Waals surface area contributed by atoms with Gasteiger partial charge in [-0.1, -0.05) is 6.92 Å². The number of nitrogens with one attached hydrogen (secondary N) is 1. The number of piperazine rings is 1. The Kier molecular flexibility index (Phi) is 7.24. The van der Waals surface area contributed by atoms with E-state index in [1.165, 1.54) is 16.4 Å². The van der Waals surface area contributed by atoms with Gasteiger partial charge in [0, 0.05) is 26.2 Å². The van der Waals surface area contributed by atoms with Gasteiger partial charge in [-0.25, -0.2) is 13.2 Å². The van der Waals surface area contributed by atoms with Gasteiger partial charge in [-0.2, -0.15) is 4.31 Å². The van der Waals surface area contributed by atoms with Crippen LogP contribution >= 0.6 is 0 Å². The summed E-state index contributed by atoms with van der Waals surface area (Å²) in [6.45, 7) is 9.40. The highest BCUT2D eigenvalue weighted by Crippen LogP contribution is 2.29. The van der Waals surface area contributed by atoms with Crippen LogP contribution in [0.25, 0.3) is 0 Å². The number of carbonyl (C=O) groups excluding carboxylic acids is 1. The van der Waals surface area contributed by atoms with Crippen molar-refractivity contribution in [2.75, 3.05) is 51.3 Å². The molecule has 0 spiro atoms. The summed E-state index contributed by atoms with van der Waals surface area (Å²) < 4.78 is 37.7. The first kappa shape index (κ1) is 20.5. The van der Waals surface area contributed by atoms with E-state index in [1.807, 2.05) is 6.92 Å². The summed E-state index contributed by atoms with van der Waals surface area (Å²) in [5, 5.41) is 2.55. The molecule has 26 heavy (non-hydrogen) atoms. The van der Waals surface area contributed by atoms with Crippen LogP contribution in [-0.4, -0.2) is 69.7 Å². The van der Waals surface area contributed by atoms with E-state index in [9.17, 15) is 13.2 Å². The monoisotopic (exact) mass is 385 g/mol. The van der Waals surface area contributed by atoms with Crippen LogP contribution in [0.1, 0.15) is 20.8 Å². The second-order valence-electron chi connectivity index (χ2n) is 5.77. The number of sulfonamides is 1. The minimum absolute atomic E-state index is 0.123. The first-order chi connectivity index (χ1) is 12.4. The normalized spacial score (nSPS) is 16.3. The molecular weight excluding hydrogens is 358 g/mol. The molecule has 1 saturated heterocycles. The highest BCUT2D eigenvalue weighted by Gasteiger charge is 2.29. The molecule has 0 aromatic heterocycles. The Bertz CT molecular complexity index is 715. The van der Waals surface area contributed by atoms with E-state index in [0.717, 1.165) is 6.54 Å². The fourth-order valence-corrected chi connectivity index (χ4v) is 4.21. The Morgan fingerprint density at radius 3 is 2.38 bits per heavy atom. The van der Waals surface area contributed by atoms with E-state index in [4.69, 9.17) is 9.47 Å². The van der Waals surface area contributed by atoms with Gasteiger partial charge >= 0.3 is 6.09 Å². The van der Waals surface area contributed by atoms with E-state index in [-0.39, 0.29) is 17.2 Å². The van der Waals surface area contributed by atoms with Crippen LogP contribution in [0.2, 0.25) is 0 Å². The van der Waals surface area contributed by atoms with Crippen molar-refractivity contribution in [3.05, 3.63) is 18.2 Å². The second kappa shape index (κ2) is 9.20. The van der Waals surface area contributed by atoms with Gasteiger partial charge in [-0.05, 0) is 38.6 Å². The molecular formula is C17H27N3O5S. The highest BCUT2D eigenvalue weighted by molar-refractivity contribution is 7.89. The molecule has 0 aliphatic carbocycles. The van der Waals surface area contributed by atoms with Crippen LogP contribution in [0.15, 0.2) is 23.1 Å². The van der Waals surface area contributed by atoms with Crippen LogP contribution in [0.5, 0.6) is 5.75 Å². The molecule has 9 heteroatoms. The first-order valence-electron chi connectivity index (χ1n) is 8.85. The molecule has 0 unspecified atom stereocenters. The van der Waals surface area contributed by atoms with Crippen LogP contribution in [0.4, 0.5) is 10.5 Å². The lowest BCUT2D eigenvalue weighted by Gasteiger charge is -2.33. The Hall–Kier alpha value is -1.84. The molecule has 1 amide bonds. The lowest BCUT2D eigenvalue weighted by Crippen LogP contribution is -2.48. The molecule has 8 nitrogen and oxygen atoms in total. The lowest BCUT2D eigenvalue weighted by molar-refractivity contribution is 0.167. The van der Waals surface area contributed by atoms with Crippen molar-refractivity contribution in [2.45, 2.75) is 25.7 Å². The van der Waals surface area contributed by atoms with Crippen LogP contribution in [0.3, 0.4) is 0 Å². The maximum atomic E-state index is 12.9. The fourth-order valence-electron chi connectivity index (χ4n) is 2.76. The molecule has 1 aliphatic heterocycles. The van der Waals surface area contributed by atoms with Crippen LogP contribution in [0, 0.1) is 0 Å². The summed E-state index contributed by atoms with van der Waals surface area (Å²) >= 11 is 0. The largest absolute Gasteiger partial charge is 0.492 e. The zero-order valence-electron chi connectivity index (χ0n) is 15.5. The number of amides is 1. The van der Waals surface area contributed by atoms with Crippen molar-refractivity contribution < 1.29 is 22.7 Å². The van der Waals surface area contributed by atoms with Crippen molar-refractivity contribution >= 4 is 21.8 Å². The minimum Gasteiger partial charge on any atom is -0.492 e. The standard InChI is InChI=1S/C17H27N3O5S/c1-4-19-9-11-20(12-10-19)26(22,23)14-7-8-16(24-5-2)15(13-14)18-17(21)25-6-3/h7-8,13H,4-6,9-12H2,1-3H3,(H,18,21). The second-order valence-corrected chi connectivity index (χ2v) is 7.71. The number of benzene rings is 1. The molecule has 1 fully saturated rings. The molecule has 1 N–H and O–H groups in total. The predicted octanol–water partition coefficient (Wildman–Crippen LogP) is 1.98. The topological polar surface area (TPSA) is 88.2 Å². The Morgan fingerprint density at radius 2 is 1.81 bits per heavy atom. The summed E-state index contributed by atoms with van der Waals surface area (Å²) in [6, 6.07) is 4.48. The quantitative estimate of drug-likeness (QED) is 0.772. The smallest absolute Gasteiger partial charge is 0.411 e. The molecule has 0 radical (unpaired) electrons. The number of rotatable bonds is 7. The fraction of sp³-hybridized carbons (Fsp3) is 0.588. The molecule has 0 atom stereocenters. The average molecular weight is 385 g/mol. The van der Waals surface area contributed by atoms with Crippen LogP contribution < -0.4 is 10.1 Å². The number of likely N-dealkylation sites (N-methyl/N-ethyl adjacent to an activating group) is 1. The molecule has 1 aromatic carbocycles. The average Bonchev–Trinajstić information content (AvgIpc) is 2.63. The summed E-state index contributed by atoms with van der Waals surface area (Å²) in [5.74, 6) is 0.398. The zero-order chi connectivity index (χ0) is 19.2. The minimum atomic E-state index is -3.64. The third kappa shape index (κ3) is 4.87. The van der Waals surface area contributed by atoms with Gasteiger partial charge in [-0.15, -0.1) is 0 Å². The maximum Gasteiger partial charge on any atom is 0.411 e. The van der Waals surface area contributed by atoms with Crippen molar-refractivity contribution in [1.82, 2.24) is 9.21 Å². The van der Waals surface area contributed by atoms with Crippen molar-refractivity contribution in [1.29, 1.82) is 0 Å². The number of hydrogen-bond donors (Lipinski definition) is 1. The number of anilines is 1.